The summed E-state index contributed by atoms with van der Waals surface area (Å²) in [6.45, 7) is 3.58. The summed E-state index contributed by atoms with van der Waals surface area (Å²) in [5, 5.41) is 9.15. The summed E-state index contributed by atoms with van der Waals surface area (Å²) in [6, 6.07) is 6.52. The number of amides is 1. The first kappa shape index (κ1) is 15.5. The number of aromatic amines is 1. The van der Waals surface area contributed by atoms with Crippen LogP contribution >= 0.6 is 22.6 Å². The molecule has 0 unspecified atom stereocenters. The van der Waals surface area contributed by atoms with E-state index in [1.165, 1.54) is 0 Å². The third-order valence-corrected chi connectivity index (χ3v) is 3.36. The Morgan fingerprint density at radius 2 is 1.95 bits per heavy atom. The Bertz CT molecular complexity index is 650. The van der Waals surface area contributed by atoms with Crippen LogP contribution in [0.2, 0.25) is 0 Å². The first-order valence-corrected chi connectivity index (χ1v) is 7.36. The number of rotatable bonds is 4. The number of hydrogen-bond acceptors (Lipinski definition) is 4. The zero-order valence-corrected chi connectivity index (χ0v) is 13.7. The second kappa shape index (κ2) is 6.70. The van der Waals surface area contributed by atoms with Gasteiger partial charge in [0.25, 0.3) is 5.91 Å². The fourth-order valence-electron chi connectivity index (χ4n) is 1.60. The lowest BCUT2D eigenvalue weighted by atomic mass is 10.2. The standard InChI is InChI=1S/C14H14IN3O3/c1-8(2)21-14(20)9-3-5-10(6-4-9)17-13(19)12-11(15)7-16-18-12/h3-8H,1-2H3,(H,16,18)(H,17,19). The van der Waals surface area contributed by atoms with Crippen LogP contribution < -0.4 is 5.32 Å². The predicted molar refractivity (Wildman–Crippen MR) is 86.3 cm³/mol. The summed E-state index contributed by atoms with van der Waals surface area (Å²) in [4.78, 5) is 23.7. The van der Waals surface area contributed by atoms with E-state index in [4.69, 9.17) is 4.74 Å². The number of benzene rings is 1. The number of esters is 1. The number of halogens is 1. The summed E-state index contributed by atoms with van der Waals surface area (Å²) < 4.78 is 5.83. The summed E-state index contributed by atoms with van der Waals surface area (Å²) >= 11 is 2.02. The maximum absolute atomic E-state index is 12.0. The van der Waals surface area contributed by atoms with Crippen LogP contribution in [0.15, 0.2) is 30.5 Å². The van der Waals surface area contributed by atoms with Gasteiger partial charge in [-0.3, -0.25) is 9.89 Å². The highest BCUT2D eigenvalue weighted by Crippen LogP contribution is 2.14. The molecule has 0 bridgehead atoms. The summed E-state index contributed by atoms with van der Waals surface area (Å²) in [5.74, 6) is -0.666. The van der Waals surface area contributed by atoms with Crippen molar-refractivity contribution in [2.75, 3.05) is 5.32 Å². The van der Waals surface area contributed by atoms with Gasteiger partial charge in [-0.1, -0.05) is 0 Å². The number of carbonyl (C=O) groups is 2. The fourth-order valence-corrected chi connectivity index (χ4v) is 2.10. The van der Waals surface area contributed by atoms with Crippen LogP contribution in [-0.2, 0) is 4.74 Å². The number of nitrogens with zero attached hydrogens (tertiary/aromatic N) is 1. The first-order chi connectivity index (χ1) is 9.97. The van der Waals surface area contributed by atoms with Gasteiger partial charge in [-0.15, -0.1) is 0 Å². The minimum absolute atomic E-state index is 0.167. The van der Waals surface area contributed by atoms with Crippen LogP contribution in [0.5, 0.6) is 0 Å². The fraction of sp³-hybridized carbons (Fsp3) is 0.214. The average molecular weight is 399 g/mol. The Hall–Kier alpha value is -1.90. The van der Waals surface area contributed by atoms with Crippen molar-refractivity contribution in [3.8, 4) is 0 Å². The number of hydrogen-bond donors (Lipinski definition) is 2. The van der Waals surface area contributed by atoms with E-state index in [-0.39, 0.29) is 18.0 Å². The van der Waals surface area contributed by atoms with Gasteiger partial charge in [0.1, 0.15) is 5.69 Å². The van der Waals surface area contributed by atoms with Crippen molar-refractivity contribution in [3.63, 3.8) is 0 Å². The Balaban J connectivity index is 2.04. The van der Waals surface area contributed by atoms with Crippen LogP contribution in [0, 0.1) is 3.57 Å². The lowest BCUT2D eigenvalue weighted by molar-refractivity contribution is 0.0378. The van der Waals surface area contributed by atoms with Gasteiger partial charge in [0.05, 0.1) is 21.4 Å². The zero-order valence-electron chi connectivity index (χ0n) is 11.5. The molecule has 0 aliphatic heterocycles. The Morgan fingerprint density at radius 3 is 2.48 bits per heavy atom. The molecule has 1 aromatic carbocycles. The quantitative estimate of drug-likeness (QED) is 0.612. The molecule has 110 valence electrons. The molecule has 0 aliphatic carbocycles. The van der Waals surface area contributed by atoms with E-state index >= 15 is 0 Å². The number of nitrogens with one attached hydrogen (secondary N) is 2. The van der Waals surface area contributed by atoms with Crippen molar-refractivity contribution in [2.45, 2.75) is 20.0 Å². The summed E-state index contributed by atoms with van der Waals surface area (Å²) in [5.41, 5.74) is 1.43. The highest BCUT2D eigenvalue weighted by atomic mass is 127. The van der Waals surface area contributed by atoms with E-state index in [9.17, 15) is 9.59 Å². The Morgan fingerprint density at radius 1 is 1.29 bits per heavy atom. The molecule has 0 radical (unpaired) electrons. The van der Waals surface area contributed by atoms with Gasteiger partial charge < -0.3 is 10.1 Å². The molecule has 0 spiro atoms. The van der Waals surface area contributed by atoms with Gasteiger partial charge >= 0.3 is 5.97 Å². The van der Waals surface area contributed by atoms with Crippen molar-refractivity contribution >= 4 is 40.2 Å². The Labute approximate surface area is 135 Å². The summed E-state index contributed by atoms with van der Waals surface area (Å²) in [6.07, 6.45) is 1.40. The monoisotopic (exact) mass is 399 g/mol. The third-order valence-electron chi connectivity index (χ3n) is 2.54. The largest absolute Gasteiger partial charge is 0.459 e. The molecule has 0 saturated heterocycles. The molecule has 2 aromatic rings. The lowest BCUT2D eigenvalue weighted by Gasteiger charge is -2.08. The van der Waals surface area contributed by atoms with Crippen molar-refractivity contribution in [3.05, 3.63) is 45.3 Å². The molecule has 7 heteroatoms. The maximum atomic E-state index is 12.0. The van der Waals surface area contributed by atoms with Crippen molar-refractivity contribution in [1.29, 1.82) is 0 Å². The number of carbonyl (C=O) groups excluding carboxylic acids is 2. The molecule has 1 aromatic heterocycles. The van der Waals surface area contributed by atoms with Crippen LogP contribution in [-0.4, -0.2) is 28.2 Å². The molecule has 0 atom stereocenters. The highest BCUT2D eigenvalue weighted by Gasteiger charge is 2.13. The molecule has 6 nitrogen and oxygen atoms in total. The van der Waals surface area contributed by atoms with E-state index < -0.39 is 0 Å². The van der Waals surface area contributed by atoms with Crippen molar-refractivity contribution in [1.82, 2.24) is 10.2 Å². The maximum Gasteiger partial charge on any atom is 0.338 e. The number of aromatic nitrogens is 2. The molecule has 2 rings (SSSR count). The topological polar surface area (TPSA) is 84.1 Å². The highest BCUT2D eigenvalue weighted by molar-refractivity contribution is 14.1. The normalized spacial score (nSPS) is 10.5. The third kappa shape index (κ3) is 4.03. The zero-order chi connectivity index (χ0) is 15.4. The number of anilines is 1. The van der Waals surface area contributed by atoms with Crippen molar-refractivity contribution in [2.24, 2.45) is 0 Å². The van der Waals surface area contributed by atoms with E-state index in [0.29, 0.717) is 16.9 Å². The second-order valence-corrected chi connectivity index (χ2v) is 5.74. The minimum Gasteiger partial charge on any atom is -0.459 e. The molecule has 1 amide bonds. The van der Waals surface area contributed by atoms with Crippen LogP contribution in [0.3, 0.4) is 0 Å². The number of H-pyrrole nitrogens is 1. The number of ether oxygens (including phenoxy) is 1. The van der Waals surface area contributed by atoms with Crippen LogP contribution in [0.25, 0.3) is 0 Å². The van der Waals surface area contributed by atoms with Crippen LogP contribution in [0.4, 0.5) is 5.69 Å². The molecule has 0 aliphatic rings. The molecular weight excluding hydrogens is 385 g/mol. The van der Waals surface area contributed by atoms with Gasteiger partial charge in [0, 0.05) is 5.69 Å². The van der Waals surface area contributed by atoms with E-state index in [1.54, 1.807) is 44.3 Å². The molecule has 2 N–H and O–H groups in total. The predicted octanol–water partition coefficient (Wildman–Crippen LogP) is 2.83. The molecule has 0 fully saturated rings. The minimum atomic E-state index is -0.383. The van der Waals surface area contributed by atoms with Crippen LogP contribution in [0.1, 0.15) is 34.7 Å². The average Bonchev–Trinajstić information content (AvgIpc) is 2.85. The SMILES string of the molecule is CC(C)OC(=O)c1ccc(NC(=O)c2[nH]ncc2I)cc1. The molecule has 1 heterocycles. The van der Waals surface area contributed by atoms with Gasteiger partial charge in [0.15, 0.2) is 0 Å². The Kier molecular flexibility index (Phi) is 4.94. The van der Waals surface area contributed by atoms with E-state index in [2.05, 4.69) is 15.5 Å². The first-order valence-electron chi connectivity index (χ1n) is 6.28. The van der Waals surface area contributed by atoms with E-state index in [1.807, 2.05) is 22.6 Å². The lowest BCUT2D eigenvalue weighted by Crippen LogP contribution is -2.14. The smallest absolute Gasteiger partial charge is 0.338 e. The van der Waals surface area contributed by atoms with Gasteiger partial charge in [-0.2, -0.15) is 5.10 Å². The van der Waals surface area contributed by atoms with Crippen molar-refractivity contribution < 1.29 is 14.3 Å². The molecule has 21 heavy (non-hydrogen) atoms. The van der Waals surface area contributed by atoms with Gasteiger partial charge in [-0.25, -0.2) is 4.79 Å². The summed E-state index contributed by atoms with van der Waals surface area (Å²) in [7, 11) is 0. The second-order valence-electron chi connectivity index (χ2n) is 4.58. The molecule has 0 saturated carbocycles. The molecular formula is C14H14IN3O3. The van der Waals surface area contributed by atoms with Gasteiger partial charge in [-0.05, 0) is 60.7 Å². The van der Waals surface area contributed by atoms with Gasteiger partial charge in [0.2, 0.25) is 0 Å². The van der Waals surface area contributed by atoms with E-state index in [0.717, 1.165) is 3.57 Å².